The van der Waals surface area contributed by atoms with Crippen molar-refractivity contribution < 1.29 is 17.3 Å². The van der Waals surface area contributed by atoms with Gasteiger partial charge >= 0.3 is 10.3 Å². The van der Waals surface area contributed by atoms with Gasteiger partial charge in [0.15, 0.2) is 0 Å². The number of rotatable bonds is 4. The first-order valence-corrected chi connectivity index (χ1v) is 6.97. The molecule has 0 amide bonds. The molecule has 9 heteroatoms. The lowest BCUT2D eigenvalue weighted by atomic mass is 10.1. The van der Waals surface area contributed by atoms with Gasteiger partial charge in [-0.3, -0.25) is 4.18 Å². The normalized spacial score (nSPS) is 25.5. The summed E-state index contributed by atoms with van der Waals surface area (Å²) in [5.41, 5.74) is 7.53. The van der Waals surface area contributed by atoms with Crippen LogP contribution in [-0.4, -0.2) is 39.3 Å². The first-order valence-electron chi connectivity index (χ1n) is 5.57. The van der Waals surface area contributed by atoms with Gasteiger partial charge in [-0.25, -0.2) is 0 Å². The van der Waals surface area contributed by atoms with Crippen LogP contribution in [-0.2, 0) is 19.2 Å². The van der Waals surface area contributed by atoms with E-state index in [1.807, 2.05) is 0 Å². The zero-order valence-electron chi connectivity index (χ0n) is 10.7. The van der Waals surface area contributed by atoms with Crippen LogP contribution in [0.25, 0.3) is 10.4 Å². The van der Waals surface area contributed by atoms with Crippen LogP contribution in [0.5, 0.6) is 0 Å². The topological polar surface area (TPSA) is 113 Å². The van der Waals surface area contributed by atoms with Crippen molar-refractivity contribution in [2.75, 3.05) is 13.2 Å². The number of nitrogens with zero attached hydrogens (tertiary/aromatic N) is 3. The van der Waals surface area contributed by atoms with Gasteiger partial charge in [-0.1, -0.05) is 5.11 Å². The van der Waals surface area contributed by atoms with E-state index >= 15 is 0 Å². The summed E-state index contributed by atoms with van der Waals surface area (Å²) in [6, 6.07) is -0.798. The molecule has 0 aromatic heterocycles. The number of hydrogen-bond acceptors (Lipinski definition) is 5. The third-order valence-electron chi connectivity index (χ3n) is 2.07. The first kappa shape index (κ1) is 15.2. The minimum atomic E-state index is -3.84. The molecule has 0 aromatic rings. The Kier molecular flexibility index (Phi) is 4.94. The Morgan fingerprint density at radius 1 is 1.44 bits per heavy atom. The Bertz CT molecular complexity index is 424. The van der Waals surface area contributed by atoms with E-state index in [0.29, 0.717) is 13.0 Å². The molecule has 1 fully saturated rings. The summed E-state index contributed by atoms with van der Waals surface area (Å²) in [7, 11) is -3.84. The second kappa shape index (κ2) is 5.85. The number of azide groups is 1. The predicted molar refractivity (Wildman–Crippen MR) is 65.1 cm³/mol. The summed E-state index contributed by atoms with van der Waals surface area (Å²) in [5.74, 6) is 0. The molecule has 1 aliphatic rings. The van der Waals surface area contributed by atoms with Crippen LogP contribution in [0.4, 0.5) is 0 Å². The van der Waals surface area contributed by atoms with Crippen LogP contribution < -0.4 is 4.72 Å². The fourth-order valence-corrected chi connectivity index (χ4v) is 2.88. The second-order valence-electron chi connectivity index (χ2n) is 5.10. The quantitative estimate of drug-likeness (QED) is 0.471. The van der Waals surface area contributed by atoms with E-state index in [1.165, 1.54) is 0 Å². The smallest absolute Gasteiger partial charge is 0.336 e. The number of nitrogens with one attached hydrogen (secondary N) is 1. The molecule has 1 aliphatic heterocycles. The van der Waals surface area contributed by atoms with E-state index in [9.17, 15) is 8.42 Å². The zero-order valence-corrected chi connectivity index (χ0v) is 11.5. The molecule has 0 saturated carbocycles. The highest BCUT2D eigenvalue weighted by Gasteiger charge is 2.28. The van der Waals surface area contributed by atoms with E-state index in [-0.39, 0.29) is 12.6 Å². The molecule has 1 rings (SSSR count). The molecule has 1 heterocycles. The van der Waals surface area contributed by atoms with Gasteiger partial charge in [0.1, 0.15) is 0 Å². The average molecular weight is 278 g/mol. The Morgan fingerprint density at radius 2 is 2.11 bits per heavy atom. The third kappa shape index (κ3) is 5.65. The maximum absolute atomic E-state index is 11.7. The van der Waals surface area contributed by atoms with Crippen LogP contribution in [0.15, 0.2) is 5.11 Å². The maximum Gasteiger partial charge on any atom is 0.336 e. The highest BCUT2D eigenvalue weighted by atomic mass is 32.2. The molecule has 0 spiro atoms. The van der Waals surface area contributed by atoms with E-state index in [1.54, 1.807) is 20.8 Å². The summed E-state index contributed by atoms with van der Waals surface area (Å²) in [5, 5.41) is 3.52. The fourth-order valence-electron chi connectivity index (χ4n) is 1.60. The second-order valence-corrected chi connectivity index (χ2v) is 6.41. The first-order chi connectivity index (χ1) is 8.22. The lowest BCUT2D eigenvalue weighted by Gasteiger charge is -2.28. The van der Waals surface area contributed by atoms with Crippen molar-refractivity contribution >= 4 is 10.3 Å². The van der Waals surface area contributed by atoms with Crippen LogP contribution in [0.3, 0.4) is 0 Å². The molecule has 0 radical (unpaired) electrons. The largest absolute Gasteiger partial charge is 0.379 e. The van der Waals surface area contributed by atoms with Crippen molar-refractivity contribution in [1.82, 2.24) is 4.72 Å². The summed E-state index contributed by atoms with van der Waals surface area (Å²) in [4.78, 5) is 2.69. The minimum Gasteiger partial charge on any atom is -0.379 e. The van der Waals surface area contributed by atoms with Gasteiger partial charge in [0.05, 0.1) is 24.9 Å². The van der Waals surface area contributed by atoms with Gasteiger partial charge in [0.2, 0.25) is 0 Å². The number of hydrogen-bond donors (Lipinski definition) is 1. The molecular formula is C9H18N4O4S. The highest BCUT2D eigenvalue weighted by Crippen LogP contribution is 2.15. The minimum absolute atomic E-state index is 0.240. The number of ether oxygens (including phenoxy) is 1. The van der Waals surface area contributed by atoms with Crippen LogP contribution in [0, 0.1) is 0 Å². The molecule has 0 aliphatic carbocycles. The van der Waals surface area contributed by atoms with Crippen LogP contribution in [0.1, 0.15) is 27.2 Å². The molecular weight excluding hydrogens is 260 g/mol. The molecule has 1 saturated heterocycles. The molecule has 0 aromatic carbocycles. The van der Waals surface area contributed by atoms with E-state index in [0.717, 1.165) is 0 Å². The van der Waals surface area contributed by atoms with Crippen molar-refractivity contribution in [3.8, 4) is 0 Å². The zero-order chi connectivity index (χ0) is 13.8. The van der Waals surface area contributed by atoms with Crippen molar-refractivity contribution in [3.05, 3.63) is 10.4 Å². The molecule has 1 N–H and O–H groups in total. The fraction of sp³-hybridized carbons (Fsp3) is 1.00. The summed E-state index contributed by atoms with van der Waals surface area (Å²) >= 11 is 0. The Hall–Kier alpha value is -0.860. The van der Waals surface area contributed by atoms with Gasteiger partial charge in [-0.05, 0) is 32.7 Å². The lowest BCUT2D eigenvalue weighted by Crippen LogP contribution is -2.46. The van der Waals surface area contributed by atoms with Crippen molar-refractivity contribution in [1.29, 1.82) is 0 Å². The standard InChI is InChI=1S/C9H18N4O4S/c1-9(2,3)17-18(14,15)12-8-4-7(11-13-10)5-16-6-8/h7-8,12H,4-6H2,1-3H3. The predicted octanol–water partition coefficient (Wildman–Crippen LogP) is 1.10. The summed E-state index contributed by atoms with van der Waals surface area (Å²) in [6.45, 7) is 5.48. The van der Waals surface area contributed by atoms with Crippen molar-refractivity contribution in [2.24, 2.45) is 5.11 Å². The maximum atomic E-state index is 11.7. The van der Waals surface area contributed by atoms with Crippen LogP contribution in [0.2, 0.25) is 0 Å². The Morgan fingerprint density at radius 3 is 2.67 bits per heavy atom. The van der Waals surface area contributed by atoms with Gasteiger partial charge < -0.3 is 4.74 Å². The Balaban J connectivity index is 2.59. The third-order valence-corrected chi connectivity index (χ3v) is 3.41. The van der Waals surface area contributed by atoms with Gasteiger partial charge in [0, 0.05) is 11.0 Å². The lowest BCUT2D eigenvalue weighted by molar-refractivity contribution is 0.0599. The SMILES string of the molecule is CC(C)(C)OS(=O)(=O)NC1COCC(N=[N+]=[N-])C1. The molecule has 0 bridgehead atoms. The van der Waals surface area contributed by atoms with Gasteiger partial charge in [0.25, 0.3) is 0 Å². The average Bonchev–Trinajstić information content (AvgIpc) is 2.13. The van der Waals surface area contributed by atoms with Gasteiger partial charge in [-0.2, -0.15) is 13.1 Å². The summed E-state index contributed by atoms with van der Waals surface area (Å²) in [6.07, 6.45) is 0.400. The molecule has 2 unspecified atom stereocenters. The van der Waals surface area contributed by atoms with E-state index in [4.69, 9.17) is 14.5 Å². The van der Waals surface area contributed by atoms with Crippen molar-refractivity contribution in [2.45, 2.75) is 44.9 Å². The van der Waals surface area contributed by atoms with Crippen LogP contribution >= 0.6 is 0 Å². The highest BCUT2D eigenvalue weighted by molar-refractivity contribution is 7.84. The van der Waals surface area contributed by atoms with Crippen molar-refractivity contribution in [3.63, 3.8) is 0 Å². The monoisotopic (exact) mass is 278 g/mol. The summed E-state index contributed by atoms with van der Waals surface area (Å²) < 4.78 is 35.9. The molecule has 8 nitrogen and oxygen atoms in total. The molecule has 2 atom stereocenters. The van der Waals surface area contributed by atoms with E-state index in [2.05, 4.69) is 14.7 Å². The molecule has 18 heavy (non-hydrogen) atoms. The Labute approximate surface area is 107 Å². The molecule has 104 valence electrons. The van der Waals surface area contributed by atoms with Gasteiger partial charge in [-0.15, -0.1) is 0 Å². The van der Waals surface area contributed by atoms with E-state index < -0.39 is 21.9 Å².